The van der Waals surface area contributed by atoms with E-state index >= 15 is 0 Å². The number of fused-ring (bicyclic) bond motifs is 1. The van der Waals surface area contributed by atoms with Crippen LogP contribution in [-0.4, -0.2) is 10.1 Å². The standard InChI is InChI=1S/C16H10F3NO2/c17-16(18,19)9-5-6-11(14(21)7-9)13-8-15(22)10-3-1-2-4-12(10)20-13/h1-8,21H,(H,20,22). The van der Waals surface area contributed by atoms with Crippen molar-refractivity contribution in [3.05, 3.63) is 64.3 Å². The number of phenols is 1. The van der Waals surface area contributed by atoms with Gasteiger partial charge in [-0.2, -0.15) is 13.2 Å². The Morgan fingerprint density at radius 2 is 1.73 bits per heavy atom. The second-order valence-corrected chi connectivity index (χ2v) is 4.82. The van der Waals surface area contributed by atoms with Gasteiger partial charge in [0.1, 0.15) is 5.75 Å². The second kappa shape index (κ2) is 4.91. The first kappa shape index (κ1) is 14.2. The Kier molecular flexibility index (Phi) is 3.16. The molecule has 112 valence electrons. The number of halogens is 3. The Labute approximate surface area is 122 Å². The smallest absolute Gasteiger partial charge is 0.416 e. The van der Waals surface area contributed by atoms with E-state index in [1.807, 2.05) is 0 Å². The summed E-state index contributed by atoms with van der Waals surface area (Å²) in [5, 5.41) is 10.3. The van der Waals surface area contributed by atoms with Gasteiger partial charge in [0.2, 0.25) is 0 Å². The number of benzene rings is 2. The lowest BCUT2D eigenvalue weighted by Crippen LogP contribution is -2.05. The van der Waals surface area contributed by atoms with Crippen LogP contribution in [0.3, 0.4) is 0 Å². The van der Waals surface area contributed by atoms with Crippen LogP contribution in [0.25, 0.3) is 22.2 Å². The molecule has 0 spiro atoms. The van der Waals surface area contributed by atoms with Gasteiger partial charge in [0, 0.05) is 22.5 Å². The zero-order chi connectivity index (χ0) is 15.9. The maximum absolute atomic E-state index is 12.6. The molecule has 0 unspecified atom stereocenters. The van der Waals surface area contributed by atoms with Gasteiger partial charge in [0.05, 0.1) is 11.3 Å². The zero-order valence-electron chi connectivity index (χ0n) is 11.1. The molecule has 0 amide bonds. The van der Waals surface area contributed by atoms with Gasteiger partial charge in [-0.05, 0) is 30.3 Å². The molecule has 2 aromatic carbocycles. The number of aromatic nitrogens is 1. The van der Waals surface area contributed by atoms with Crippen LogP contribution >= 0.6 is 0 Å². The van der Waals surface area contributed by atoms with Gasteiger partial charge >= 0.3 is 6.18 Å². The third kappa shape index (κ3) is 2.43. The number of aromatic hydroxyl groups is 1. The molecule has 1 heterocycles. The van der Waals surface area contributed by atoms with Crippen molar-refractivity contribution in [1.82, 2.24) is 4.98 Å². The second-order valence-electron chi connectivity index (χ2n) is 4.82. The molecule has 3 nitrogen and oxygen atoms in total. The molecule has 0 aliphatic rings. The minimum absolute atomic E-state index is 0.135. The van der Waals surface area contributed by atoms with Crippen molar-refractivity contribution in [3.8, 4) is 17.0 Å². The summed E-state index contributed by atoms with van der Waals surface area (Å²) in [5.41, 5.74) is -0.282. The molecule has 0 aliphatic carbocycles. The molecule has 6 heteroatoms. The summed E-state index contributed by atoms with van der Waals surface area (Å²) in [6, 6.07) is 10.7. The summed E-state index contributed by atoms with van der Waals surface area (Å²) in [7, 11) is 0. The third-order valence-electron chi connectivity index (χ3n) is 3.35. The Hall–Kier alpha value is -2.76. The molecule has 3 aromatic rings. The molecule has 0 fully saturated rings. The molecular weight excluding hydrogens is 295 g/mol. The average Bonchev–Trinajstić information content (AvgIpc) is 2.46. The van der Waals surface area contributed by atoms with Crippen LogP contribution in [0.5, 0.6) is 5.75 Å². The molecule has 0 aliphatic heterocycles. The van der Waals surface area contributed by atoms with E-state index in [0.717, 1.165) is 12.1 Å². The summed E-state index contributed by atoms with van der Waals surface area (Å²) in [6.07, 6.45) is -4.53. The number of hydrogen-bond donors (Lipinski definition) is 2. The van der Waals surface area contributed by atoms with Crippen molar-refractivity contribution in [3.63, 3.8) is 0 Å². The van der Waals surface area contributed by atoms with Gasteiger partial charge in [-0.25, -0.2) is 0 Å². The number of phenolic OH excluding ortho intramolecular Hbond substituents is 1. The average molecular weight is 305 g/mol. The molecular formula is C16H10F3NO2. The van der Waals surface area contributed by atoms with Gasteiger partial charge < -0.3 is 10.1 Å². The van der Waals surface area contributed by atoms with E-state index in [-0.39, 0.29) is 16.7 Å². The SMILES string of the molecule is O=c1cc(-c2ccc(C(F)(F)F)cc2O)[nH]c2ccccc12. The predicted octanol–water partition coefficient (Wildman–Crippen LogP) is 3.92. The molecule has 2 N–H and O–H groups in total. The monoisotopic (exact) mass is 305 g/mol. The number of para-hydroxylation sites is 1. The summed E-state index contributed by atoms with van der Waals surface area (Å²) < 4.78 is 37.8. The van der Waals surface area contributed by atoms with E-state index < -0.39 is 17.5 Å². The minimum atomic E-state index is -4.53. The van der Waals surface area contributed by atoms with E-state index in [9.17, 15) is 23.1 Å². The van der Waals surface area contributed by atoms with E-state index in [4.69, 9.17) is 0 Å². The Morgan fingerprint density at radius 3 is 2.41 bits per heavy atom. The van der Waals surface area contributed by atoms with Gasteiger partial charge in [-0.15, -0.1) is 0 Å². The van der Waals surface area contributed by atoms with E-state index in [1.165, 1.54) is 6.07 Å². The van der Waals surface area contributed by atoms with Crippen molar-refractivity contribution in [2.45, 2.75) is 6.18 Å². The molecule has 0 saturated heterocycles. The van der Waals surface area contributed by atoms with Gasteiger partial charge in [0.15, 0.2) is 5.43 Å². The van der Waals surface area contributed by atoms with Crippen molar-refractivity contribution in [2.75, 3.05) is 0 Å². The first-order valence-electron chi connectivity index (χ1n) is 6.39. The van der Waals surface area contributed by atoms with Crippen LogP contribution in [0.2, 0.25) is 0 Å². The summed E-state index contributed by atoms with van der Waals surface area (Å²) >= 11 is 0. The fourth-order valence-corrected chi connectivity index (χ4v) is 2.28. The highest BCUT2D eigenvalue weighted by Gasteiger charge is 2.31. The molecule has 22 heavy (non-hydrogen) atoms. The van der Waals surface area contributed by atoms with Crippen LogP contribution in [0.1, 0.15) is 5.56 Å². The van der Waals surface area contributed by atoms with Gasteiger partial charge in [-0.3, -0.25) is 4.79 Å². The number of aromatic amines is 1. The number of rotatable bonds is 1. The zero-order valence-corrected chi connectivity index (χ0v) is 11.1. The van der Waals surface area contributed by atoms with Gasteiger partial charge in [0.25, 0.3) is 0 Å². The fourth-order valence-electron chi connectivity index (χ4n) is 2.28. The van der Waals surface area contributed by atoms with Crippen LogP contribution in [0.15, 0.2) is 53.3 Å². The number of hydrogen-bond acceptors (Lipinski definition) is 2. The predicted molar refractivity (Wildman–Crippen MR) is 76.7 cm³/mol. The lowest BCUT2D eigenvalue weighted by molar-refractivity contribution is -0.137. The molecule has 0 saturated carbocycles. The van der Waals surface area contributed by atoms with E-state index in [1.54, 1.807) is 24.3 Å². The van der Waals surface area contributed by atoms with Crippen molar-refractivity contribution >= 4 is 10.9 Å². The highest BCUT2D eigenvalue weighted by atomic mass is 19.4. The number of H-pyrrole nitrogens is 1. The van der Waals surface area contributed by atoms with Crippen LogP contribution in [0, 0.1) is 0 Å². The number of nitrogens with one attached hydrogen (secondary N) is 1. The highest BCUT2D eigenvalue weighted by molar-refractivity contribution is 5.82. The number of alkyl halides is 3. The molecule has 0 radical (unpaired) electrons. The Balaban J connectivity index is 2.18. The van der Waals surface area contributed by atoms with Gasteiger partial charge in [-0.1, -0.05) is 12.1 Å². The quantitative estimate of drug-likeness (QED) is 0.716. The first-order valence-corrected chi connectivity index (χ1v) is 6.39. The highest BCUT2D eigenvalue weighted by Crippen LogP contribution is 2.35. The van der Waals surface area contributed by atoms with Crippen molar-refractivity contribution < 1.29 is 18.3 Å². The Morgan fingerprint density at radius 1 is 1.00 bits per heavy atom. The molecule has 3 rings (SSSR count). The van der Waals surface area contributed by atoms with Crippen LogP contribution in [0.4, 0.5) is 13.2 Å². The summed E-state index contributed by atoms with van der Waals surface area (Å²) in [5.74, 6) is -0.541. The van der Waals surface area contributed by atoms with Crippen LogP contribution in [-0.2, 0) is 6.18 Å². The number of pyridine rings is 1. The first-order chi connectivity index (χ1) is 10.4. The molecule has 1 aromatic heterocycles. The largest absolute Gasteiger partial charge is 0.507 e. The lowest BCUT2D eigenvalue weighted by Gasteiger charge is -2.10. The van der Waals surface area contributed by atoms with E-state index in [0.29, 0.717) is 17.0 Å². The molecule has 0 atom stereocenters. The third-order valence-corrected chi connectivity index (χ3v) is 3.35. The maximum atomic E-state index is 12.6. The maximum Gasteiger partial charge on any atom is 0.416 e. The van der Waals surface area contributed by atoms with Crippen LogP contribution < -0.4 is 5.43 Å². The lowest BCUT2D eigenvalue weighted by atomic mass is 10.1. The Bertz CT molecular complexity index is 913. The topological polar surface area (TPSA) is 53.1 Å². The normalized spacial score (nSPS) is 11.8. The summed E-state index contributed by atoms with van der Waals surface area (Å²) in [4.78, 5) is 15.0. The van der Waals surface area contributed by atoms with E-state index in [2.05, 4.69) is 4.98 Å². The van der Waals surface area contributed by atoms with Crippen molar-refractivity contribution in [1.29, 1.82) is 0 Å². The van der Waals surface area contributed by atoms with Crippen molar-refractivity contribution in [2.24, 2.45) is 0 Å². The minimum Gasteiger partial charge on any atom is -0.507 e. The summed E-state index contributed by atoms with van der Waals surface area (Å²) in [6.45, 7) is 0. The fraction of sp³-hybridized carbons (Fsp3) is 0.0625. The molecule has 0 bridgehead atoms.